The van der Waals surface area contributed by atoms with Crippen LogP contribution in [-0.4, -0.2) is 39.8 Å². The summed E-state index contributed by atoms with van der Waals surface area (Å²) in [5, 5.41) is 19.9. The van der Waals surface area contributed by atoms with Gasteiger partial charge in [0, 0.05) is 17.5 Å². The molecule has 4 rings (SSSR count). The summed E-state index contributed by atoms with van der Waals surface area (Å²) in [6.07, 6.45) is 0. The summed E-state index contributed by atoms with van der Waals surface area (Å²) in [6.45, 7) is 5.74. The van der Waals surface area contributed by atoms with Gasteiger partial charge in [-0.2, -0.15) is 9.78 Å². The van der Waals surface area contributed by atoms with Gasteiger partial charge in [0.2, 0.25) is 0 Å². The van der Waals surface area contributed by atoms with Crippen molar-refractivity contribution in [3.63, 3.8) is 0 Å². The molecule has 0 spiro atoms. The maximum absolute atomic E-state index is 13.2. The molecule has 0 aliphatic rings. The third kappa shape index (κ3) is 4.01. The number of amides is 1. The highest BCUT2D eigenvalue weighted by Gasteiger charge is 2.26. The van der Waals surface area contributed by atoms with Gasteiger partial charge in [0.15, 0.2) is 17.3 Å². The van der Waals surface area contributed by atoms with E-state index in [1.54, 1.807) is 13.0 Å². The van der Waals surface area contributed by atoms with E-state index in [2.05, 4.69) is 10.4 Å². The van der Waals surface area contributed by atoms with Crippen LogP contribution in [0.4, 0.5) is 11.5 Å². The van der Waals surface area contributed by atoms with Gasteiger partial charge in [0.05, 0.1) is 36.4 Å². The number of benzene rings is 2. The number of para-hydroxylation sites is 1. The normalized spacial score (nSPS) is 10.9. The zero-order valence-corrected chi connectivity index (χ0v) is 19.4. The van der Waals surface area contributed by atoms with Crippen molar-refractivity contribution in [1.82, 2.24) is 14.8 Å². The number of nitrogens with one attached hydrogen (secondary N) is 1. The van der Waals surface area contributed by atoms with Crippen molar-refractivity contribution in [2.24, 2.45) is 0 Å². The van der Waals surface area contributed by atoms with Gasteiger partial charge in [-0.15, -0.1) is 0 Å². The molecular formula is C24H23N5O5. The molecule has 10 heteroatoms. The third-order valence-corrected chi connectivity index (χ3v) is 5.47. The number of ether oxygens (including phenoxy) is 2. The Bertz CT molecular complexity index is 1440. The Balaban J connectivity index is 1.79. The molecule has 0 atom stereocenters. The first-order chi connectivity index (χ1) is 16.2. The summed E-state index contributed by atoms with van der Waals surface area (Å²) in [5.41, 5.74) is 2.90. The molecule has 1 amide bonds. The molecule has 1 N–H and O–H groups in total. The minimum absolute atomic E-state index is 0.151. The standard InChI is InChI=1S/C24H23N5O5/c1-13-7-6-8-16-14(2)9-21(25-23(13)16)28-22(10-15(3)27-28)26-24(30)17-11-19(33-4)20(34-5)12-18(17)29(31)32/h6-12H,1-5H3,(H,26,30). The number of carbonyl (C=O) groups excluding carboxylic acids is 1. The van der Waals surface area contributed by atoms with Gasteiger partial charge >= 0.3 is 0 Å². The van der Waals surface area contributed by atoms with E-state index in [-0.39, 0.29) is 17.1 Å². The maximum Gasteiger partial charge on any atom is 0.286 e. The lowest BCUT2D eigenvalue weighted by Gasteiger charge is -2.13. The molecule has 0 bridgehead atoms. The Morgan fingerprint density at radius 1 is 1.03 bits per heavy atom. The number of nitro benzene ring substituents is 1. The smallest absolute Gasteiger partial charge is 0.286 e. The first kappa shape index (κ1) is 22.7. The van der Waals surface area contributed by atoms with E-state index in [4.69, 9.17) is 14.5 Å². The predicted molar refractivity (Wildman–Crippen MR) is 127 cm³/mol. The highest BCUT2D eigenvalue weighted by atomic mass is 16.6. The number of nitro groups is 1. The first-order valence-corrected chi connectivity index (χ1v) is 10.4. The Morgan fingerprint density at radius 2 is 1.74 bits per heavy atom. The van der Waals surface area contributed by atoms with Crippen LogP contribution in [0.3, 0.4) is 0 Å². The summed E-state index contributed by atoms with van der Waals surface area (Å²) in [4.78, 5) is 28.9. The number of fused-ring (bicyclic) bond motifs is 1. The van der Waals surface area contributed by atoms with Crippen LogP contribution in [-0.2, 0) is 0 Å². The van der Waals surface area contributed by atoms with Gasteiger partial charge in [-0.25, -0.2) is 4.98 Å². The van der Waals surface area contributed by atoms with E-state index >= 15 is 0 Å². The number of rotatable bonds is 6. The van der Waals surface area contributed by atoms with Crippen molar-refractivity contribution in [1.29, 1.82) is 0 Å². The lowest BCUT2D eigenvalue weighted by Crippen LogP contribution is -2.17. The molecule has 174 valence electrons. The average molecular weight is 461 g/mol. The highest BCUT2D eigenvalue weighted by Crippen LogP contribution is 2.35. The Hall–Kier alpha value is -4.47. The molecule has 0 saturated heterocycles. The molecule has 34 heavy (non-hydrogen) atoms. The SMILES string of the molecule is COc1cc(C(=O)Nc2cc(C)nn2-c2cc(C)c3cccc(C)c3n2)c([N+](=O)[O-])cc1OC. The Labute approximate surface area is 195 Å². The number of nitrogens with zero attached hydrogens (tertiary/aromatic N) is 4. The second-order valence-electron chi connectivity index (χ2n) is 7.79. The summed E-state index contributed by atoms with van der Waals surface area (Å²) >= 11 is 0. The molecule has 0 aliphatic carbocycles. The number of hydrogen-bond acceptors (Lipinski definition) is 7. The van der Waals surface area contributed by atoms with E-state index in [0.29, 0.717) is 17.3 Å². The Kier molecular flexibility index (Phi) is 5.89. The summed E-state index contributed by atoms with van der Waals surface area (Å²) in [6, 6.07) is 11.9. The molecule has 2 aromatic carbocycles. The van der Waals surface area contributed by atoms with Crippen LogP contribution in [0, 0.1) is 30.9 Å². The quantitative estimate of drug-likeness (QED) is 0.331. The maximum atomic E-state index is 13.2. The number of carbonyl (C=O) groups is 1. The van der Waals surface area contributed by atoms with E-state index < -0.39 is 16.5 Å². The van der Waals surface area contributed by atoms with Gasteiger partial charge in [0.1, 0.15) is 11.4 Å². The van der Waals surface area contributed by atoms with Crippen LogP contribution >= 0.6 is 0 Å². The van der Waals surface area contributed by atoms with E-state index in [1.165, 1.54) is 25.0 Å². The lowest BCUT2D eigenvalue weighted by molar-refractivity contribution is -0.385. The molecule has 10 nitrogen and oxygen atoms in total. The van der Waals surface area contributed by atoms with Crippen LogP contribution in [0.2, 0.25) is 0 Å². The average Bonchev–Trinajstić information content (AvgIpc) is 3.18. The summed E-state index contributed by atoms with van der Waals surface area (Å²) < 4.78 is 11.9. The lowest BCUT2D eigenvalue weighted by atomic mass is 10.1. The van der Waals surface area contributed by atoms with Gasteiger partial charge in [0.25, 0.3) is 11.6 Å². The van der Waals surface area contributed by atoms with Crippen molar-refractivity contribution in [2.45, 2.75) is 20.8 Å². The minimum atomic E-state index is -0.692. The molecule has 0 fully saturated rings. The zero-order chi connectivity index (χ0) is 24.6. The van der Waals surface area contributed by atoms with E-state index in [1.807, 2.05) is 38.1 Å². The van der Waals surface area contributed by atoms with Crippen LogP contribution < -0.4 is 14.8 Å². The highest BCUT2D eigenvalue weighted by molar-refractivity contribution is 6.07. The summed E-state index contributed by atoms with van der Waals surface area (Å²) in [7, 11) is 2.75. The van der Waals surface area contributed by atoms with Crippen molar-refractivity contribution >= 4 is 28.3 Å². The van der Waals surface area contributed by atoms with E-state index in [0.717, 1.165) is 28.1 Å². The van der Waals surface area contributed by atoms with Gasteiger partial charge < -0.3 is 14.8 Å². The number of aryl methyl sites for hydroxylation is 3. The zero-order valence-electron chi connectivity index (χ0n) is 19.4. The molecule has 0 unspecified atom stereocenters. The van der Waals surface area contributed by atoms with Crippen molar-refractivity contribution < 1.29 is 19.2 Å². The number of anilines is 1. The molecule has 0 saturated carbocycles. The van der Waals surface area contributed by atoms with Gasteiger partial charge in [-0.1, -0.05) is 18.2 Å². The Morgan fingerprint density at radius 3 is 2.41 bits per heavy atom. The second kappa shape index (κ2) is 8.81. The fourth-order valence-corrected chi connectivity index (χ4v) is 3.80. The molecular weight excluding hydrogens is 438 g/mol. The van der Waals surface area contributed by atoms with Crippen LogP contribution in [0.1, 0.15) is 27.2 Å². The monoisotopic (exact) mass is 461 g/mol. The van der Waals surface area contributed by atoms with Crippen molar-refractivity contribution in [2.75, 3.05) is 19.5 Å². The molecule has 2 aromatic heterocycles. The fraction of sp³-hybridized carbons (Fsp3) is 0.208. The molecule has 0 radical (unpaired) electrons. The van der Waals surface area contributed by atoms with Crippen molar-refractivity contribution in [3.8, 4) is 17.3 Å². The number of hydrogen-bond donors (Lipinski definition) is 1. The fourth-order valence-electron chi connectivity index (χ4n) is 3.80. The number of pyridine rings is 1. The van der Waals surface area contributed by atoms with Crippen LogP contribution in [0.25, 0.3) is 16.7 Å². The second-order valence-corrected chi connectivity index (χ2v) is 7.79. The predicted octanol–water partition coefficient (Wildman–Crippen LogP) is 4.52. The number of methoxy groups -OCH3 is 2. The molecule has 0 aliphatic heterocycles. The summed E-state index contributed by atoms with van der Waals surface area (Å²) in [5.74, 6) is 0.501. The largest absolute Gasteiger partial charge is 0.493 e. The van der Waals surface area contributed by atoms with Crippen LogP contribution in [0.5, 0.6) is 11.5 Å². The third-order valence-electron chi connectivity index (χ3n) is 5.47. The van der Waals surface area contributed by atoms with Gasteiger partial charge in [-0.05, 0) is 38.0 Å². The molecule has 2 heterocycles. The van der Waals surface area contributed by atoms with Crippen LogP contribution in [0.15, 0.2) is 42.5 Å². The first-order valence-electron chi connectivity index (χ1n) is 10.4. The molecule has 4 aromatic rings. The number of aromatic nitrogens is 3. The van der Waals surface area contributed by atoms with Gasteiger partial charge in [-0.3, -0.25) is 14.9 Å². The van der Waals surface area contributed by atoms with E-state index in [9.17, 15) is 14.9 Å². The minimum Gasteiger partial charge on any atom is -0.493 e. The topological polar surface area (TPSA) is 121 Å². The van der Waals surface area contributed by atoms with Crippen molar-refractivity contribution in [3.05, 3.63) is 75.0 Å².